The minimum Gasteiger partial charge on any atom is -0.248 e. The van der Waals surface area contributed by atoms with E-state index in [9.17, 15) is 8.78 Å². The van der Waals surface area contributed by atoms with Crippen molar-refractivity contribution >= 4 is 10.9 Å². The summed E-state index contributed by atoms with van der Waals surface area (Å²) < 4.78 is 27.4. The Hall–Kier alpha value is -3.07. The van der Waals surface area contributed by atoms with Crippen LogP contribution in [0.5, 0.6) is 0 Å². The molecule has 0 unspecified atom stereocenters. The third kappa shape index (κ3) is 2.54. The van der Waals surface area contributed by atoms with Gasteiger partial charge in [0.05, 0.1) is 11.2 Å². The van der Waals surface area contributed by atoms with Crippen LogP contribution in [0.1, 0.15) is 0 Å². The molecule has 3 aromatic carbocycles. The van der Waals surface area contributed by atoms with Crippen molar-refractivity contribution in [2.24, 2.45) is 0 Å². The zero-order valence-corrected chi connectivity index (χ0v) is 12.7. The summed E-state index contributed by atoms with van der Waals surface area (Å²) in [6, 6.07) is 23.0. The van der Waals surface area contributed by atoms with Crippen LogP contribution in [0.2, 0.25) is 0 Å². The van der Waals surface area contributed by atoms with Crippen LogP contribution in [0, 0.1) is 11.6 Å². The summed E-state index contributed by atoms with van der Waals surface area (Å²) >= 11 is 0. The second-order valence-corrected chi connectivity index (χ2v) is 5.56. The molecule has 0 atom stereocenters. The van der Waals surface area contributed by atoms with Crippen LogP contribution in [-0.4, -0.2) is 4.98 Å². The topological polar surface area (TPSA) is 12.9 Å². The monoisotopic (exact) mass is 317 g/mol. The van der Waals surface area contributed by atoms with Gasteiger partial charge >= 0.3 is 0 Å². The number of benzene rings is 3. The minimum atomic E-state index is -0.614. The molecule has 4 aromatic rings. The van der Waals surface area contributed by atoms with E-state index in [0.717, 1.165) is 28.1 Å². The third-order valence-corrected chi connectivity index (χ3v) is 4.01. The Kier molecular flexibility index (Phi) is 3.54. The number of hydrogen-bond donors (Lipinski definition) is 0. The average Bonchev–Trinajstić information content (AvgIpc) is 2.61. The maximum absolute atomic E-state index is 14.2. The molecule has 24 heavy (non-hydrogen) atoms. The van der Waals surface area contributed by atoms with Gasteiger partial charge in [0.1, 0.15) is 11.6 Å². The fourth-order valence-electron chi connectivity index (χ4n) is 2.87. The lowest BCUT2D eigenvalue weighted by Crippen LogP contribution is -1.92. The fourth-order valence-corrected chi connectivity index (χ4v) is 2.87. The standard InChI is InChI=1S/C21H13F2N/c22-15-10-11-17(19(23)12-15)21-13-18(14-6-2-1-3-7-14)16-8-4-5-9-20(16)24-21/h1-13H. The first-order chi connectivity index (χ1) is 11.7. The molecule has 0 saturated carbocycles. The van der Waals surface area contributed by atoms with Crippen molar-refractivity contribution in [1.29, 1.82) is 0 Å². The zero-order valence-electron chi connectivity index (χ0n) is 12.7. The molecule has 0 radical (unpaired) electrons. The Morgan fingerprint density at radius 1 is 0.667 bits per heavy atom. The van der Waals surface area contributed by atoms with E-state index < -0.39 is 11.6 Å². The fraction of sp³-hybridized carbons (Fsp3) is 0. The SMILES string of the molecule is Fc1ccc(-c2cc(-c3ccccc3)c3ccccc3n2)c(F)c1. The van der Waals surface area contributed by atoms with Gasteiger partial charge in [-0.25, -0.2) is 13.8 Å². The van der Waals surface area contributed by atoms with Crippen molar-refractivity contribution in [3.63, 3.8) is 0 Å². The molecule has 0 amide bonds. The van der Waals surface area contributed by atoms with E-state index in [0.29, 0.717) is 11.3 Å². The molecule has 1 aromatic heterocycles. The van der Waals surface area contributed by atoms with Crippen LogP contribution in [0.4, 0.5) is 8.78 Å². The lowest BCUT2D eigenvalue weighted by Gasteiger charge is -2.11. The molecule has 4 rings (SSSR count). The normalized spacial score (nSPS) is 10.9. The summed E-state index contributed by atoms with van der Waals surface area (Å²) in [7, 11) is 0. The molecular formula is C21H13F2N. The van der Waals surface area contributed by atoms with Crippen LogP contribution in [-0.2, 0) is 0 Å². The molecule has 0 fully saturated rings. The number of fused-ring (bicyclic) bond motifs is 1. The molecule has 1 heterocycles. The highest BCUT2D eigenvalue weighted by Crippen LogP contribution is 2.32. The van der Waals surface area contributed by atoms with E-state index in [1.807, 2.05) is 60.7 Å². The smallest absolute Gasteiger partial charge is 0.135 e. The van der Waals surface area contributed by atoms with Crippen molar-refractivity contribution in [2.45, 2.75) is 0 Å². The highest BCUT2D eigenvalue weighted by Gasteiger charge is 2.12. The van der Waals surface area contributed by atoms with Crippen LogP contribution in [0.15, 0.2) is 78.9 Å². The van der Waals surface area contributed by atoms with Crippen LogP contribution in [0.3, 0.4) is 0 Å². The van der Waals surface area contributed by atoms with Gasteiger partial charge in [0, 0.05) is 17.0 Å². The van der Waals surface area contributed by atoms with E-state index in [-0.39, 0.29) is 0 Å². The number of aromatic nitrogens is 1. The number of halogens is 2. The van der Waals surface area contributed by atoms with E-state index in [2.05, 4.69) is 4.98 Å². The molecule has 0 saturated heterocycles. The summed E-state index contributed by atoms with van der Waals surface area (Å²) in [4.78, 5) is 4.56. The van der Waals surface area contributed by atoms with Gasteiger partial charge in [-0.1, -0.05) is 48.5 Å². The molecule has 3 heteroatoms. The van der Waals surface area contributed by atoms with E-state index in [1.165, 1.54) is 12.1 Å². The molecule has 0 aliphatic heterocycles. The van der Waals surface area contributed by atoms with Crippen molar-refractivity contribution in [1.82, 2.24) is 4.98 Å². The molecule has 0 spiro atoms. The second-order valence-electron chi connectivity index (χ2n) is 5.56. The summed E-state index contributed by atoms with van der Waals surface area (Å²) in [5.41, 5.74) is 3.56. The molecule has 0 bridgehead atoms. The maximum atomic E-state index is 14.2. The molecule has 1 nitrogen and oxygen atoms in total. The number of para-hydroxylation sites is 1. The van der Waals surface area contributed by atoms with Crippen molar-refractivity contribution in [2.75, 3.05) is 0 Å². The number of rotatable bonds is 2. The van der Waals surface area contributed by atoms with Crippen LogP contribution >= 0.6 is 0 Å². The highest BCUT2D eigenvalue weighted by atomic mass is 19.1. The average molecular weight is 317 g/mol. The number of nitrogens with zero attached hydrogens (tertiary/aromatic N) is 1. The van der Waals surface area contributed by atoms with Gasteiger partial charge in [0.2, 0.25) is 0 Å². The van der Waals surface area contributed by atoms with Crippen molar-refractivity contribution in [3.8, 4) is 22.4 Å². The summed E-state index contributed by atoms with van der Waals surface area (Å²) in [6.07, 6.45) is 0. The van der Waals surface area contributed by atoms with Gasteiger partial charge in [-0.3, -0.25) is 0 Å². The van der Waals surface area contributed by atoms with E-state index >= 15 is 0 Å². The van der Waals surface area contributed by atoms with Crippen molar-refractivity contribution < 1.29 is 8.78 Å². The Morgan fingerprint density at radius 2 is 1.42 bits per heavy atom. The molecule has 116 valence electrons. The summed E-state index contributed by atoms with van der Waals surface area (Å²) in [5, 5.41) is 0.995. The number of pyridine rings is 1. The van der Waals surface area contributed by atoms with Crippen LogP contribution < -0.4 is 0 Å². The summed E-state index contributed by atoms with van der Waals surface area (Å²) in [6.45, 7) is 0. The van der Waals surface area contributed by atoms with Gasteiger partial charge in [-0.05, 0) is 35.4 Å². The Bertz CT molecular complexity index is 1030. The van der Waals surface area contributed by atoms with Gasteiger partial charge in [0.25, 0.3) is 0 Å². The first kappa shape index (κ1) is 14.5. The number of hydrogen-bond acceptors (Lipinski definition) is 1. The largest absolute Gasteiger partial charge is 0.248 e. The molecule has 0 aliphatic carbocycles. The zero-order chi connectivity index (χ0) is 16.5. The molecular weight excluding hydrogens is 304 g/mol. The lowest BCUT2D eigenvalue weighted by molar-refractivity contribution is 0.585. The van der Waals surface area contributed by atoms with Gasteiger partial charge < -0.3 is 0 Å². The quantitative estimate of drug-likeness (QED) is 0.452. The van der Waals surface area contributed by atoms with E-state index in [4.69, 9.17) is 0 Å². The predicted molar refractivity (Wildman–Crippen MR) is 92.5 cm³/mol. The first-order valence-corrected chi connectivity index (χ1v) is 7.63. The van der Waals surface area contributed by atoms with Crippen molar-refractivity contribution in [3.05, 3.63) is 90.5 Å². The second kappa shape index (κ2) is 5.85. The van der Waals surface area contributed by atoms with Gasteiger partial charge in [0.15, 0.2) is 0 Å². The van der Waals surface area contributed by atoms with Gasteiger partial charge in [-0.2, -0.15) is 0 Å². The Balaban J connectivity index is 2.01. The molecule has 0 aliphatic rings. The van der Waals surface area contributed by atoms with E-state index in [1.54, 1.807) is 0 Å². The minimum absolute atomic E-state index is 0.291. The molecule has 0 N–H and O–H groups in total. The Labute approximate surface area is 138 Å². The van der Waals surface area contributed by atoms with Crippen LogP contribution in [0.25, 0.3) is 33.3 Å². The first-order valence-electron chi connectivity index (χ1n) is 7.63. The highest BCUT2D eigenvalue weighted by molar-refractivity contribution is 5.96. The predicted octanol–water partition coefficient (Wildman–Crippen LogP) is 5.85. The Morgan fingerprint density at radius 3 is 2.21 bits per heavy atom. The third-order valence-electron chi connectivity index (χ3n) is 4.01. The summed E-state index contributed by atoms with van der Waals surface area (Å²) in [5.74, 6) is -1.21. The van der Waals surface area contributed by atoms with Gasteiger partial charge in [-0.15, -0.1) is 0 Å². The maximum Gasteiger partial charge on any atom is 0.135 e. The lowest BCUT2D eigenvalue weighted by atomic mass is 9.98.